The van der Waals surface area contributed by atoms with Crippen LogP contribution in [0, 0.1) is 5.92 Å². The van der Waals surface area contributed by atoms with Crippen molar-refractivity contribution in [3.8, 4) is 0 Å². The third kappa shape index (κ3) is 2.65. The standard InChI is InChI=1S/C15H26N2O2/c18-14-8-3-5-11(14)12-7-4-10-17(12)13-6-1-2-9-16-15(13)19/h11-14,18H,1-10H2,(H,16,19). The van der Waals surface area contributed by atoms with Crippen LogP contribution in [0.25, 0.3) is 0 Å². The van der Waals surface area contributed by atoms with E-state index in [0.29, 0.717) is 12.0 Å². The molecule has 4 unspecified atom stereocenters. The van der Waals surface area contributed by atoms with Crippen LogP contribution in [-0.2, 0) is 4.79 Å². The van der Waals surface area contributed by atoms with Gasteiger partial charge in [0.05, 0.1) is 12.1 Å². The van der Waals surface area contributed by atoms with E-state index in [1.54, 1.807) is 0 Å². The Morgan fingerprint density at radius 3 is 2.74 bits per heavy atom. The van der Waals surface area contributed by atoms with E-state index in [2.05, 4.69) is 10.2 Å². The molecule has 0 aromatic rings. The van der Waals surface area contributed by atoms with Gasteiger partial charge in [0.15, 0.2) is 0 Å². The van der Waals surface area contributed by atoms with E-state index in [1.165, 1.54) is 6.42 Å². The molecule has 0 bridgehead atoms. The summed E-state index contributed by atoms with van der Waals surface area (Å²) in [6.45, 7) is 1.87. The number of rotatable bonds is 2. The van der Waals surface area contributed by atoms with Crippen molar-refractivity contribution in [1.82, 2.24) is 10.2 Å². The van der Waals surface area contributed by atoms with Crippen molar-refractivity contribution in [1.29, 1.82) is 0 Å². The minimum Gasteiger partial charge on any atom is -0.393 e. The fourth-order valence-electron chi connectivity index (χ4n) is 4.32. The number of hydrogen-bond donors (Lipinski definition) is 2. The Hall–Kier alpha value is -0.610. The summed E-state index contributed by atoms with van der Waals surface area (Å²) < 4.78 is 0. The first-order valence-electron chi connectivity index (χ1n) is 7.99. The molecule has 0 aromatic heterocycles. The highest BCUT2D eigenvalue weighted by molar-refractivity contribution is 5.82. The highest BCUT2D eigenvalue weighted by Crippen LogP contribution is 2.37. The zero-order chi connectivity index (χ0) is 13.2. The first-order valence-corrected chi connectivity index (χ1v) is 7.99. The second kappa shape index (κ2) is 5.80. The van der Waals surface area contributed by atoms with Crippen LogP contribution >= 0.6 is 0 Å². The summed E-state index contributed by atoms with van der Waals surface area (Å²) >= 11 is 0. The number of carbonyl (C=O) groups is 1. The molecule has 4 atom stereocenters. The molecule has 2 N–H and O–H groups in total. The van der Waals surface area contributed by atoms with Crippen LogP contribution in [0.1, 0.15) is 51.4 Å². The molecule has 3 aliphatic rings. The van der Waals surface area contributed by atoms with Crippen molar-refractivity contribution in [3.05, 3.63) is 0 Å². The Balaban J connectivity index is 1.72. The van der Waals surface area contributed by atoms with Crippen LogP contribution in [0.2, 0.25) is 0 Å². The number of aliphatic hydroxyl groups is 1. The topological polar surface area (TPSA) is 52.6 Å². The van der Waals surface area contributed by atoms with E-state index in [-0.39, 0.29) is 18.1 Å². The largest absolute Gasteiger partial charge is 0.393 e. The zero-order valence-electron chi connectivity index (χ0n) is 11.7. The summed E-state index contributed by atoms with van der Waals surface area (Å²) in [5.41, 5.74) is 0. The minimum atomic E-state index is -0.139. The molecule has 3 rings (SSSR count). The molecule has 1 saturated carbocycles. The zero-order valence-corrected chi connectivity index (χ0v) is 11.7. The lowest BCUT2D eigenvalue weighted by atomic mass is 9.92. The van der Waals surface area contributed by atoms with E-state index < -0.39 is 0 Å². The lowest BCUT2D eigenvalue weighted by Gasteiger charge is -2.35. The van der Waals surface area contributed by atoms with Crippen LogP contribution in [0.15, 0.2) is 0 Å². The number of aliphatic hydroxyl groups excluding tert-OH is 1. The van der Waals surface area contributed by atoms with Gasteiger partial charge in [-0.05, 0) is 51.5 Å². The van der Waals surface area contributed by atoms with E-state index in [1.807, 2.05) is 0 Å². The molecular formula is C15H26N2O2. The summed E-state index contributed by atoms with van der Waals surface area (Å²) in [5, 5.41) is 13.2. The quantitative estimate of drug-likeness (QED) is 0.791. The Labute approximate surface area is 115 Å². The smallest absolute Gasteiger partial charge is 0.237 e. The van der Waals surface area contributed by atoms with Gasteiger partial charge in [0.25, 0.3) is 0 Å². The monoisotopic (exact) mass is 266 g/mol. The highest BCUT2D eigenvalue weighted by Gasteiger charge is 2.42. The lowest BCUT2D eigenvalue weighted by Crippen LogP contribution is -2.50. The van der Waals surface area contributed by atoms with E-state index in [9.17, 15) is 9.90 Å². The first-order chi connectivity index (χ1) is 9.27. The molecule has 0 aromatic carbocycles. The van der Waals surface area contributed by atoms with Gasteiger partial charge in [0.2, 0.25) is 5.91 Å². The van der Waals surface area contributed by atoms with Gasteiger partial charge in [0, 0.05) is 18.5 Å². The van der Waals surface area contributed by atoms with Crippen LogP contribution in [-0.4, -0.2) is 47.2 Å². The van der Waals surface area contributed by atoms with Gasteiger partial charge in [0.1, 0.15) is 0 Å². The van der Waals surface area contributed by atoms with Gasteiger partial charge in [-0.25, -0.2) is 0 Å². The van der Waals surface area contributed by atoms with Crippen LogP contribution in [0.3, 0.4) is 0 Å². The van der Waals surface area contributed by atoms with Gasteiger partial charge in [-0.2, -0.15) is 0 Å². The predicted octanol–water partition coefficient (Wildman–Crippen LogP) is 1.28. The lowest BCUT2D eigenvalue weighted by molar-refractivity contribution is -0.127. The number of nitrogens with one attached hydrogen (secondary N) is 1. The second-order valence-electron chi connectivity index (χ2n) is 6.41. The van der Waals surface area contributed by atoms with Gasteiger partial charge in [-0.1, -0.05) is 6.42 Å². The van der Waals surface area contributed by atoms with Gasteiger partial charge < -0.3 is 10.4 Å². The maximum absolute atomic E-state index is 12.2. The summed E-state index contributed by atoms with van der Waals surface area (Å²) in [4.78, 5) is 14.6. The Morgan fingerprint density at radius 2 is 1.95 bits per heavy atom. The molecule has 0 radical (unpaired) electrons. The van der Waals surface area contributed by atoms with Crippen molar-refractivity contribution in [2.75, 3.05) is 13.1 Å². The highest BCUT2D eigenvalue weighted by atomic mass is 16.3. The van der Waals surface area contributed by atoms with Crippen LogP contribution in [0.5, 0.6) is 0 Å². The fraction of sp³-hybridized carbons (Fsp3) is 0.933. The predicted molar refractivity (Wildman–Crippen MR) is 73.7 cm³/mol. The molecular weight excluding hydrogens is 240 g/mol. The minimum absolute atomic E-state index is 0.0581. The molecule has 1 aliphatic carbocycles. The molecule has 2 aliphatic heterocycles. The average molecular weight is 266 g/mol. The fourth-order valence-corrected chi connectivity index (χ4v) is 4.32. The number of hydrogen-bond acceptors (Lipinski definition) is 3. The van der Waals surface area contributed by atoms with Crippen LogP contribution < -0.4 is 5.32 Å². The molecule has 4 heteroatoms. The van der Waals surface area contributed by atoms with Crippen molar-refractivity contribution in [2.24, 2.45) is 5.92 Å². The number of likely N-dealkylation sites (tertiary alicyclic amines) is 1. The molecule has 4 nitrogen and oxygen atoms in total. The molecule has 108 valence electrons. The third-order valence-corrected chi connectivity index (χ3v) is 5.27. The van der Waals surface area contributed by atoms with Crippen molar-refractivity contribution in [3.63, 3.8) is 0 Å². The maximum atomic E-state index is 12.2. The molecule has 0 spiro atoms. The number of amides is 1. The summed E-state index contributed by atoms with van der Waals surface area (Å²) in [5.74, 6) is 0.621. The Morgan fingerprint density at radius 1 is 1.05 bits per heavy atom. The molecule has 19 heavy (non-hydrogen) atoms. The average Bonchev–Trinajstić information content (AvgIpc) is 2.97. The molecule has 2 heterocycles. The van der Waals surface area contributed by atoms with Crippen molar-refractivity contribution >= 4 is 5.91 Å². The van der Waals surface area contributed by atoms with Crippen LogP contribution in [0.4, 0.5) is 0 Å². The van der Waals surface area contributed by atoms with E-state index >= 15 is 0 Å². The summed E-state index contributed by atoms with van der Waals surface area (Å²) in [6.07, 6.45) is 8.66. The van der Waals surface area contributed by atoms with Crippen molar-refractivity contribution in [2.45, 2.75) is 69.6 Å². The van der Waals surface area contributed by atoms with Gasteiger partial charge in [-0.15, -0.1) is 0 Å². The normalized spacial score (nSPS) is 41.2. The maximum Gasteiger partial charge on any atom is 0.237 e. The SMILES string of the molecule is O=C1NCCCCC1N1CCCC1C1CCCC1O. The summed E-state index contributed by atoms with van der Waals surface area (Å²) in [7, 11) is 0. The number of carbonyl (C=O) groups excluding carboxylic acids is 1. The Kier molecular flexibility index (Phi) is 4.08. The Bertz CT molecular complexity index is 334. The van der Waals surface area contributed by atoms with E-state index in [0.717, 1.165) is 58.0 Å². The number of nitrogens with zero attached hydrogens (tertiary/aromatic N) is 1. The van der Waals surface area contributed by atoms with Gasteiger partial charge >= 0.3 is 0 Å². The molecule has 1 amide bonds. The van der Waals surface area contributed by atoms with Crippen molar-refractivity contribution < 1.29 is 9.90 Å². The first kappa shape index (κ1) is 13.4. The third-order valence-electron chi connectivity index (χ3n) is 5.27. The van der Waals surface area contributed by atoms with E-state index in [4.69, 9.17) is 0 Å². The molecule has 2 saturated heterocycles. The second-order valence-corrected chi connectivity index (χ2v) is 6.41. The molecule has 3 fully saturated rings. The summed E-state index contributed by atoms with van der Waals surface area (Å²) in [6, 6.07) is 0.495. The van der Waals surface area contributed by atoms with Gasteiger partial charge in [-0.3, -0.25) is 9.69 Å².